The molecule has 1 aliphatic rings. The maximum Gasteiger partial charge on any atom is 0.410 e. The van der Waals surface area contributed by atoms with Gasteiger partial charge in [0, 0.05) is 37.4 Å². The van der Waals surface area contributed by atoms with Gasteiger partial charge in [0.15, 0.2) is 5.65 Å². The summed E-state index contributed by atoms with van der Waals surface area (Å²) < 4.78 is 22.0. The molecule has 0 unspecified atom stereocenters. The number of piperazine rings is 1. The summed E-state index contributed by atoms with van der Waals surface area (Å²) in [6.07, 6.45) is 1.32. The zero-order valence-electron chi connectivity index (χ0n) is 25.5. The maximum atomic E-state index is 15.0. The molecule has 3 aromatic heterocycles. The van der Waals surface area contributed by atoms with Gasteiger partial charge in [-0.15, -0.1) is 0 Å². The van der Waals surface area contributed by atoms with Crippen molar-refractivity contribution < 1.29 is 13.9 Å². The molecule has 0 N–H and O–H groups in total. The zero-order valence-corrected chi connectivity index (χ0v) is 26.2. The van der Waals surface area contributed by atoms with Crippen molar-refractivity contribution in [3.8, 4) is 16.9 Å². The Balaban J connectivity index is 1.71. The summed E-state index contributed by atoms with van der Waals surface area (Å²) in [5.74, 6) is -0.0855. The van der Waals surface area contributed by atoms with Crippen LogP contribution in [-0.2, 0) is 4.74 Å². The van der Waals surface area contributed by atoms with Crippen LogP contribution in [0, 0.1) is 12.7 Å². The van der Waals surface area contributed by atoms with E-state index in [-0.39, 0.29) is 40.0 Å². The van der Waals surface area contributed by atoms with E-state index in [0.29, 0.717) is 42.2 Å². The summed E-state index contributed by atoms with van der Waals surface area (Å²) in [5, 5.41) is 0.749. The summed E-state index contributed by atoms with van der Waals surface area (Å²) in [5.41, 5.74) is 1.68. The SMILES string of the molecule is Cc1ccnc(C(C)C)c1-n1c(=O)nc(N2CCN(C(=O)OC(C)(C)C)[C@H](C)C2)c2cc(Cl)c(-c3ccccc3F)nc21. The summed E-state index contributed by atoms with van der Waals surface area (Å²) >= 11 is 6.78. The Morgan fingerprint density at radius 1 is 1.14 bits per heavy atom. The fraction of sp³-hybridized carbons (Fsp3) is 0.406. The van der Waals surface area contributed by atoms with Crippen LogP contribution in [-0.4, -0.2) is 61.8 Å². The molecular formula is C32H36ClFN6O3. The van der Waals surface area contributed by atoms with Crippen molar-refractivity contribution in [2.24, 2.45) is 0 Å². The second-order valence-electron chi connectivity index (χ2n) is 12.2. The van der Waals surface area contributed by atoms with E-state index in [4.69, 9.17) is 21.3 Å². The second kappa shape index (κ2) is 11.6. The van der Waals surface area contributed by atoms with Crippen molar-refractivity contribution >= 4 is 34.5 Å². The number of nitrogens with zero attached hydrogens (tertiary/aromatic N) is 6. The van der Waals surface area contributed by atoms with Crippen molar-refractivity contribution in [3.05, 3.63) is 75.2 Å². The van der Waals surface area contributed by atoms with E-state index in [2.05, 4.69) is 9.97 Å². The summed E-state index contributed by atoms with van der Waals surface area (Å²) in [4.78, 5) is 44.5. The number of hydrogen-bond donors (Lipinski definition) is 0. The molecule has 0 bridgehead atoms. The smallest absolute Gasteiger partial charge is 0.410 e. The first kappa shape index (κ1) is 30.4. The minimum atomic E-state index is -0.617. The quantitative estimate of drug-likeness (QED) is 0.261. The molecule has 226 valence electrons. The lowest BCUT2D eigenvalue weighted by atomic mass is 10.0. The van der Waals surface area contributed by atoms with Crippen LogP contribution in [0.2, 0.25) is 5.02 Å². The van der Waals surface area contributed by atoms with Gasteiger partial charge >= 0.3 is 11.8 Å². The van der Waals surface area contributed by atoms with Gasteiger partial charge in [-0.2, -0.15) is 4.98 Å². The summed E-state index contributed by atoms with van der Waals surface area (Å²) in [7, 11) is 0. The Hall–Kier alpha value is -4.05. The van der Waals surface area contributed by atoms with Gasteiger partial charge < -0.3 is 14.5 Å². The predicted molar refractivity (Wildman–Crippen MR) is 167 cm³/mol. The molecular weight excluding hydrogens is 571 g/mol. The van der Waals surface area contributed by atoms with Crippen molar-refractivity contribution in [1.82, 2.24) is 24.4 Å². The molecule has 11 heteroatoms. The van der Waals surface area contributed by atoms with Crippen LogP contribution < -0.4 is 10.6 Å². The topological polar surface area (TPSA) is 93.5 Å². The number of carbonyl (C=O) groups excluding carboxylic acids is 1. The van der Waals surface area contributed by atoms with E-state index in [1.54, 1.807) is 35.4 Å². The molecule has 1 amide bonds. The third kappa shape index (κ3) is 5.93. The van der Waals surface area contributed by atoms with Gasteiger partial charge in [0.05, 0.1) is 27.5 Å². The average Bonchev–Trinajstić information content (AvgIpc) is 2.92. The fourth-order valence-electron chi connectivity index (χ4n) is 5.42. The molecule has 1 aromatic carbocycles. The minimum Gasteiger partial charge on any atom is -0.444 e. The summed E-state index contributed by atoms with van der Waals surface area (Å²) in [6.45, 7) is 14.5. The fourth-order valence-corrected chi connectivity index (χ4v) is 5.67. The number of rotatable bonds is 4. The molecule has 0 spiro atoms. The predicted octanol–water partition coefficient (Wildman–Crippen LogP) is 6.51. The summed E-state index contributed by atoms with van der Waals surface area (Å²) in [6, 6.07) is 9.55. The van der Waals surface area contributed by atoms with Gasteiger partial charge in [-0.05, 0) is 70.4 Å². The van der Waals surface area contributed by atoms with Crippen LogP contribution in [0.4, 0.5) is 15.0 Å². The van der Waals surface area contributed by atoms with Crippen LogP contribution >= 0.6 is 11.6 Å². The molecule has 1 atom stereocenters. The molecule has 4 aromatic rings. The molecule has 0 saturated carbocycles. The molecule has 1 fully saturated rings. The van der Waals surface area contributed by atoms with Crippen molar-refractivity contribution in [2.45, 2.75) is 66.0 Å². The van der Waals surface area contributed by atoms with Crippen LogP contribution in [0.5, 0.6) is 0 Å². The lowest BCUT2D eigenvalue weighted by molar-refractivity contribution is 0.0158. The number of fused-ring (bicyclic) bond motifs is 1. The minimum absolute atomic E-state index is 0.00311. The number of aromatic nitrogens is 4. The monoisotopic (exact) mass is 606 g/mol. The van der Waals surface area contributed by atoms with E-state index >= 15 is 0 Å². The van der Waals surface area contributed by atoms with Gasteiger partial charge in [-0.1, -0.05) is 37.6 Å². The third-order valence-corrected chi connectivity index (χ3v) is 7.70. The van der Waals surface area contributed by atoms with Gasteiger partial charge in [0.1, 0.15) is 17.2 Å². The van der Waals surface area contributed by atoms with Crippen LogP contribution in [0.3, 0.4) is 0 Å². The van der Waals surface area contributed by atoms with Crippen LogP contribution in [0.15, 0.2) is 47.4 Å². The highest BCUT2D eigenvalue weighted by atomic mass is 35.5. The van der Waals surface area contributed by atoms with E-state index in [1.165, 1.54) is 10.6 Å². The Kier molecular flexibility index (Phi) is 8.17. The highest BCUT2D eigenvalue weighted by Gasteiger charge is 2.33. The molecule has 1 aliphatic heterocycles. The lowest BCUT2D eigenvalue weighted by Gasteiger charge is -2.41. The molecule has 0 radical (unpaired) electrons. The normalized spacial score (nSPS) is 15.8. The van der Waals surface area contributed by atoms with Gasteiger partial charge in [0.2, 0.25) is 0 Å². The van der Waals surface area contributed by atoms with Crippen LogP contribution in [0.1, 0.15) is 58.7 Å². The number of carbonyl (C=O) groups is 1. The van der Waals surface area contributed by atoms with Crippen molar-refractivity contribution in [3.63, 3.8) is 0 Å². The van der Waals surface area contributed by atoms with Gasteiger partial charge in [-0.25, -0.2) is 23.5 Å². The zero-order chi connectivity index (χ0) is 31.2. The maximum absolute atomic E-state index is 15.0. The Bertz CT molecular complexity index is 1770. The average molecular weight is 607 g/mol. The van der Waals surface area contributed by atoms with Crippen molar-refractivity contribution in [1.29, 1.82) is 0 Å². The first-order valence-electron chi connectivity index (χ1n) is 14.4. The van der Waals surface area contributed by atoms with E-state index in [9.17, 15) is 14.0 Å². The number of pyridine rings is 2. The number of amides is 1. The molecule has 1 saturated heterocycles. The molecule has 9 nitrogen and oxygen atoms in total. The first-order valence-corrected chi connectivity index (χ1v) is 14.7. The highest BCUT2D eigenvalue weighted by molar-refractivity contribution is 6.33. The molecule has 4 heterocycles. The van der Waals surface area contributed by atoms with E-state index in [1.807, 2.05) is 59.4 Å². The molecule has 5 rings (SSSR count). The molecule has 43 heavy (non-hydrogen) atoms. The Morgan fingerprint density at radius 2 is 1.86 bits per heavy atom. The standard InChI is InChI=1S/C32H36ClFN6O3/c1-18(2)25-27(19(3)12-13-35-25)40-29-22(16-23(33)26(36-29)21-10-8-9-11-24(21)34)28(37-30(40)41)38-14-15-39(20(4)17-38)31(42)43-32(5,6)7/h8-13,16,18,20H,14-15,17H2,1-7H3/t20-/m1/s1. The number of aryl methyl sites for hydroxylation is 1. The number of halogens is 2. The number of hydrogen-bond acceptors (Lipinski definition) is 7. The van der Waals surface area contributed by atoms with Crippen molar-refractivity contribution in [2.75, 3.05) is 24.5 Å². The lowest BCUT2D eigenvalue weighted by Crippen LogP contribution is -2.55. The second-order valence-corrected chi connectivity index (χ2v) is 12.6. The molecule has 0 aliphatic carbocycles. The number of benzene rings is 1. The Morgan fingerprint density at radius 3 is 2.51 bits per heavy atom. The number of anilines is 1. The van der Waals surface area contributed by atoms with E-state index < -0.39 is 17.1 Å². The van der Waals surface area contributed by atoms with E-state index in [0.717, 1.165) is 5.56 Å². The first-order chi connectivity index (χ1) is 20.3. The van der Waals surface area contributed by atoms with Crippen LogP contribution in [0.25, 0.3) is 28.0 Å². The van der Waals surface area contributed by atoms with Gasteiger partial charge in [0.25, 0.3) is 0 Å². The Labute approximate surface area is 255 Å². The highest BCUT2D eigenvalue weighted by Crippen LogP contribution is 2.36. The third-order valence-electron chi connectivity index (χ3n) is 7.41. The number of ether oxygens (including phenoxy) is 1. The largest absolute Gasteiger partial charge is 0.444 e. The van der Waals surface area contributed by atoms with Gasteiger partial charge in [-0.3, -0.25) is 4.98 Å².